The van der Waals surface area contributed by atoms with Crippen LogP contribution in [0.1, 0.15) is 26.7 Å². The predicted octanol–water partition coefficient (Wildman–Crippen LogP) is 1.69. The average molecular weight is 421 g/mol. The lowest BCUT2D eigenvalue weighted by atomic mass is 10.1. The highest BCUT2D eigenvalue weighted by Gasteiger charge is 2.25. The third-order valence-electron chi connectivity index (χ3n) is 4.92. The van der Waals surface area contributed by atoms with Gasteiger partial charge < -0.3 is 25.0 Å². The molecule has 0 radical (unpaired) electrons. The van der Waals surface area contributed by atoms with Crippen molar-refractivity contribution in [1.29, 1.82) is 0 Å². The first kappa shape index (κ1) is 23.5. The summed E-state index contributed by atoms with van der Waals surface area (Å²) < 4.78 is 10.2. The van der Waals surface area contributed by atoms with E-state index in [1.54, 1.807) is 48.1 Å². The number of hydrogen-bond acceptors (Lipinski definition) is 6. The standard InChI is InChI=1S/C21H32N4O5/c1-4-24(15-20(27)23-17-7-6-8-18(13-17)29-3)14-19(26)22-16-9-11-25(12-10-16)21(28)30-5-2/h6-8,13,16H,4-5,9-12,14-15H2,1-3H3,(H,22,26)(H,23,27). The summed E-state index contributed by atoms with van der Waals surface area (Å²) in [6.45, 7) is 5.98. The van der Waals surface area contributed by atoms with Gasteiger partial charge in [0.2, 0.25) is 11.8 Å². The fourth-order valence-corrected chi connectivity index (χ4v) is 3.28. The lowest BCUT2D eigenvalue weighted by Gasteiger charge is -2.32. The van der Waals surface area contributed by atoms with Crippen LogP contribution in [0, 0.1) is 0 Å². The van der Waals surface area contributed by atoms with Gasteiger partial charge in [0.1, 0.15) is 5.75 Å². The Labute approximate surface area is 177 Å². The topological polar surface area (TPSA) is 100 Å². The van der Waals surface area contributed by atoms with E-state index < -0.39 is 0 Å². The Morgan fingerprint density at radius 1 is 1.13 bits per heavy atom. The maximum Gasteiger partial charge on any atom is 0.409 e. The van der Waals surface area contributed by atoms with E-state index in [1.165, 1.54) is 0 Å². The van der Waals surface area contributed by atoms with E-state index in [2.05, 4.69) is 10.6 Å². The van der Waals surface area contributed by atoms with E-state index in [-0.39, 0.29) is 37.0 Å². The van der Waals surface area contributed by atoms with E-state index in [4.69, 9.17) is 9.47 Å². The van der Waals surface area contributed by atoms with Crippen molar-refractivity contribution in [3.05, 3.63) is 24.3 Å². The summed E-state index contributed by atoms with van der Waals surface area (Å²) in [5.41, 5.74) is 0.646. The summed E-state index contributed by atoms with van der Waals surface area (Å²) in [6, 6.07) is 7.14. The van der Waals surface area contributed by atoms with E-state index >= 15 is 0 Å². The molecule has 1 aliphatic heterocycles. The Balaban J connectivity index is 1.75. The van der Waals surface area contributed by atoms with Crippen LogP contribution < -0.4 is 15.4 Å². The van der Waals surface area contributed by atoms with Crippen molar-refractivity contribution in [2.45, 2.75) is 32.7 Å². The number of nitrogens with zero attached hydrogens (tertiary/aromatic N) is 2. The molecule has 1 aromatic rings. The number of likely N-dealkylation sites (N-methyl/N-ethyl adjacent to an activating group) is 1. The fourth-order valence-electron chi connectivity index (χ4n) is 3.28. The number of carbonyl (C=O) groups excluding carboxylic acids is 3. The molecule has 2 N–H and O–H groups in total. The highest BCUT2D eigenvalue weighted by molar-refractivity contribution is 5.92. The molecule has 0 aromatic heterocycles. The summed E-state index contributed by atoms with van der Waals surface area (Å²) in [7, 11) is 1.57. The molecule has 1 saturated heterocycles. The van der Waals surface area contributed by atoms with Gasteiger partial charge in [0.25, 0.3) is 0 Å². The lowest BCUT2D eigenvalue weighted by molar-refractivity contribution is -0.124. The van der Waals surface area contributed by atoms with Gasteiger partial charge >= 0.3 is 6.09 Å². The normalized spacial score (nSPS) is 14.3. The molecule has 9 heteroatoms. The van der Waals surface area contributed by atoms with Crippen molar-refractivity contribution < 1.29 is 23.9 Å². The van der Waals surface area contributed by atoms with E-state index in [0.717, 1.165) is 0 Å². The van der Waals surface area contributed by atoms with Crippen LogP contribution in [0.4, 0.5) is 10.5 Å². The molecule has 30 heavy (non-hydrogen) atoms. The largest absolute Gasteiger partial charge is 0.497 e. The van der Waals surface area contributed by atoms with Gasteiger partial charge in [-0.3, -0.25) is 14.5 Å². The number of carbonyl (C=O) groups is 3. The quantitative estimate of drug-likeness (QED) is 0.631. The van der Waals surface area contributed by atoms with Gasteiger partial charge in [0, 0.05) is 30.9 Å². The highest BCUT2D eigenvalue weighted by atomic mass is 16.6. The lowest BCUT2D eigenvalue weighted by Crippen LogP contribution is -2.49. The zero-order chi connectivity index (χ0) is 21.9. The Kier molecular flexibility index (Phi) is 9.40. The van der Waals surface area contributed by atoms with Gasteiger partial charge in [-0.2, -0.15) is 0 Å². The number of ether oxygens (including phenoxy) is 2. The molecular formula is C21H32N4O5. The van der Waals surface area contributed by atoms with Crippen LogP contribution >= 0.6 is 0 Å². The van der Waals surface area contributed by atoms with Crippen molar-refractivity contribution in [2.75, 3.05) is 51.8 Å². The number of rotatable bonds is 9. The second-order valence-corrected chi connectivity index (χ2v) is 7.11. The SMILES string of the molecule is CCOC(=O)N1CCC(NC(=O)CN(CC)CC(=O)Nc2cccc(OC)c2)CC1. The monoisotopic (exact) mass is 420 g/mol. The third-order valence-corrected chi connectivity index (χ3v) is 4.92. The van der Waals surface area contributed by atoms with Gasteiger partial charge in [-0.25, -0.2) is 4.79 Å². The van der Waals surface area contributed by atoms with Crippen molar-refractivity contribution in [1.82, 2.24) is 15.1 Å². The number of amides is 3. The second-order valence-electron chi connectivity index (χ2n) is 7.11. The number of hydrogen-bond donors (Lipinski definition) is 2. The van der Waals surface area contributed by atoms with Crippen molar-refractivity contribution in [2.24, 2.45) is 0 Å². The van der Waals surface area contributed by atoms with Gasteiger partial charge in [-0.05, 0) is 38.4 Å². The van der Waals surface area contributed by atoms with Crippen LogP contribution in [0.3, 0.4) is 0 Å². The van der Waals surface area contributed by atoms with Crippen LogP contribution in [0.2, 0.25) is 0 Å². The van der Waals surface area contributed by atoms with E-state index in [1.807, 2.05) is 6.92 Å². The van der Waals surface area contributed by atoms with Crippen LogP contribution in [0.5, 0.6) is 5.75 Å². The van der Waals surface area contributed by atoms with Crippen LogP contribution in [-0.4, -0.2) is 80.2 Å². The maximum absolute atomic E-state index is 12.4. The fraction of sp³-hybridized carbons (Fsp3) is 0.571. The summed E-state index contributed by atoms with van der Waals surface area (Å²) in [6.07, 6.45) is 1.07. The molecule has 1 aromatic carbocycles. The second kappa shape index (κ2) is 12.0. The number of likely N-dealkylation sites (tertiary alicyclic amines) is 1. The maximum atomic E-state index is 12.4. The molecule has 0 saturated carbocycles. The molecule has 1 heterocycles. The zero-order valence-corrected chi connectivity index (χ0v) is 18.0. The summed E-state index contributed by atoms with van der Waals surface area (Å²) in [5.74, 6) is 0.342. The number of benzene rings is 1. The first-order valence-corrected chi connectivity index (χ1v) is 10.3. The van der Waals surface area contributed by atoms with Gasteiger partial charge in [0.15, 0.2) is 0 Å². The van der Waals surface area contributed by atoms with E-state index in [9.17, 15) is 14.4 Å². The molecule has 0 spiro atoms. The molecule has 0 atom stereocenters. The molecule has 0 unspecified atom stereocenters. The van der Waals surface area contributed by atoms with Crippen LogP contribution in [-0.2, 0) is 14.3 Å². The zero-order valence-electron chi connectivity index (χ0n) is 18.0. The smallest absolute Gasteiger partial charge is 0.409 e. The number of methoxy groups -OCH3 is 1. The summed E-state index contributed by atoms with van der Waals surface area (Å²) in [5, 5.41) is 5.83. The molecule has 0 bridgehead atoms. The van der Waals surface area contributed by atoms with Gasteiger partial charge in [-0.1, -0.05) is 13.0 Å². The average Bonchev–Trinajstić information content (AvgIpc) is 2.74. The van der Waals surface area contributed by atoms with Crippen molar-refractivity contribution in [3.63, 3.8) is 0 Å². The van der Waals surface area contributed by atoms with Crippen LogP contribution in [0.15, 0.2) is 24.3 Å². The van der Waals surface area contributed by atoms with Crippen LogP contribution in [0.25, 0.3) is 0 Å². The summed E-state index contributed by atoms with van der Waals surface area (Å²) in [4.78, 5) is 39.9. The number of anilines is 1. The minimum atomic E-state index is -0.304. The molecule has 1 aliphatic rings. The van der Waals surface area contributed by atoms with Gasteiger partial charge in [0.05, 0.1) is 26.8 Å². The summed E-state index contributed by atoms with van der Waals surface area (Å²) >= 11 is 0. The number of piperidine rings is 1. The third kappa shape index (κ3) is 7.55. The van der Waals surface area contributed by atoms with Crippen molar-refractivity contribution >= 4 is 23.6 Å². The molecule has 2 rings (SSSR count). The molecule has 1 fully saturated rings. The Morgan fingerprint density at radius 3 is 2.47 bits per heavy atom. The molecule has 9 nitrogen and oxygen atoms in total. The highest BCUT2D eigenvalue weighted by Crippen LogP contribution is 2.16. The first-order chi connectivity index (χ1) is 14.4. The van der Waals surface area contributed by atoms with E-state index in [0.29, 0.717) is 50.5 Å². The Hall–Kier alpha value is -2.81. The molecule has 0 aliphatic carbocycles. The molecule has 166 valence electrons. The minimum absolute atomic E-state index is 0.0208. The Bertz CT molecular complexity index is 719. The predicted molar refractivity (Wildman–Crippen MR) is 113 cm³/mol. The molecular weight excluding hydrogens is 388 g/mol. The molecule has 3 amide bonds. The number of nitrogens with one attached hydrogen (secondary N) is 2. The van der Waals surface area contributed by atoms with Crippen molar-refractivity contribution in [3.8, 4) is 5.75 Å². The Morgan fingerprint density at radius 2 is 1.83 bits per heavy atom. The first-order valence-electron chi connectivity index (χ1n) is 10.3. The van der Waals surface area contributed by atoms with Gasteiger partial charge in [-0.15, -0.1) is 0 Å². The minimum Gasteiger partial charge on any atom is -0.497 e.